The zero-order valence-corrected chi connectivity index (χ0v) is 29.6. The van der Waals surface area contributed by atoms with Crippen LogP contribution in [-0.4, -0.2) is 48.3 Å². The molecule has 1 aliphatic heterocycles. The van der Waals surface area contributed by atoms with Gasteiger partial charge in [0.2, 0.25) is 5.91 Å². The fourth-order valence-corrected chi connectivity index (χ4v) is 6.65. The first-order valence-corrected chi connectivity index (χ1v) is 20.1. The quantitative estimate of drug-likeness (QED) is 0.107. The molecule has 0 spiro atoms. The first kappa shape index (κ1) is 35.5. The van der Waals surface area contributed by atoms with Crippen LogP contribution in [-0.2, 0) is 21.0 Å². The zero-order chi connectivity index (χ0) is 34.6. The summed E-state index contributed by atoms with van der Waals surface area (Å²) in [6, 6.07) is 11.6. The Morgan fingerprint density at radius 3 is 2.62 bits per heavy atom. The molecule has 9 nitrogen and oxygen atoms in total. The molecule has 48 heavy (non-hydrogen) atoms. The third kappa shape index (κ3) is 8.23. The molecule has 0 radical (unpaired) electrons. The molecule has 4 aromatic rings. The van der Waals surface area contributed by atoms with Crippen LogP contribution in [0.4, 0.5) is 25.0 Å². The Hall–Kier alpha value is -3.84. The fraction of sp³-hybridized carbons (Fsp3) is 0.353. The van der Waals surface area contributed by atoms with E-state index in [1.54, 1.807) is 30.3 Å². The number of nitrogens with zero attached hydrogens (tertiary/aromatic N) is 3. The van der Waals surface area contributed by atoms with Crippen molar-refractivity contribution < 1.29 is 27.8 Å². The number of imidazole rings is 1. The monoisotopic (exact) mass is 715 g/mol. The van der Waals surface area contributed by atoms with Gasteiger partial charge in [-0.25, -0.2) is 18.6 Å². The Labute approximate surface area is 289 Å². The lowest BCUT2D eigenvalue weighted by Gasteiger charge is -2.20. The molecule has 0 saturated heterocycles. The Balaban J connectivity index is 1.61. The van der Waals surface area contributed by atoms with E-state index < -0.39 is 31.7 Å². The molecule has 0 aliphatic carbocycles. The Morgan fingerprint density at radius 2 is 1.92 bits per heavy atom. The molecule has 254 valence electrons. The molecular weight excluding hydrogens is 679 g/mol. The van der Waals surface area contributed by atoms with Crippen LogP contribution in [0.3, 0.4) is 0 Å². The Morgan fingerprint density at radius 1 is 1.12 bits per heavy atom. The van der Waals surface area contributed by atoms with Crippen LogP contribution in [0.15, 0.2) is 48.7 Å². The maximum Gasteiger partial charge on any atom is 0.411 e. The number of carbonyl (C=O) groups is 2. The second kappa shape index (κ2) is 15.1. The predicted octanol–water partition coefficient (Wildman–Crippen LogP) is 9.33. The minimum Gasteiger partial charge on any atom is -0.453 e. The molecule has 1 aliphatic rings. The first-order valence-electron chi connectivity index (χ1n) is 15.6. The van der Waals surface area contributed by atoms with Crippen LogP contribution in [0.5, 0.6) is 0 Å². The van der Waals surface area contributed by atoms with Crippen molar-refractivity contribution in [2.24, 2.45) is 0 Å². The van der Waals surface area contributed by atoms with Gasteiger partial charge in [0.25, 0.3) is 0 Å². The summed E-state index contributed by atoms with van der Waals surface area (Å²) in [6.45, 7) is 7.48. The highest BCUT2D eigenvalue weighted by Gasteiger charge is 2.29. The van der Waals surface area contributed by atoms with Crippen LogP contribution >= 0.6 is 23.2 Å². The second-order valence-electron chi connectivity index (χ2n) is 12.8. The third-order valence-electron chi connectivity index (χ3n) is 8.07. The number of rotatable bonds is 8. The summed E-state index contributed by atoms with van der Waals surface area (Å²) < 4.78 is 42.2. The summed E-state index contributed by atoms with van der Waals surface area (Å²) in [4.78, 5) is 34.7. The Bertz CT molecular complexity index is 1810. The average Bonchev–Trinajstić information content (AvgIpc) is 3.36. The van der Waals surface area contributed by atoms with Gasteiger partial charge in [-0.1, -0.05) is 55.3 Å². The van der Waals surface area contributed by atoms with Crippen LogP contribution in [0.2, 0.25) is 35.9 Å². The number of hydrogen-bond acceptors (Lipinski definition) is 6. The number of methoxy groups -OCH3 is 1. The van der Waals surface area contributed by atoms with Crippen LogP contribution in [0.25, 0.3) is 22.4 Å². The minimum atomic E-state index is -1.37. The van der Waals surface area contributed by atoms with E-state index in [0.29, 0.717) is 65.2 Å². The summed E-state index contributed by atoms with van der Waals surface area (Å²) in [6.07, 6.45) is 2.80. The van der Waals surface area contributed by atoms with Crippen molar-refractivity contribution >= 4 is 54.7 Å². The lowest BCUT2D eigenvalue weighted by atomic mass is 9.95. The number of anilines is 2. The molecule has 2 aromatic carbocycles. The first-order chi connectivity index (χ1) is 22.9. The highest BCUT2D eigenvalue weighted by atomic mass is 35.5. The number of nitrogens with one attached hydrogen (secondary N) is 2. The number of ether oxygens (including phenoxy) is 2. The van der Waals surface area contributed by atoms with Crippen molar-refractivity contribution in [2.75, 3.05) is 24.4 Å². The lowest BCUT2D eigenvalue weighted by molar-refractivity contribution is -0.116. The van der Waals surface area contributed by atoms with E-state index in [0.717, 1.165) is 12.1 Å². The van der Waals surface area contributed by atoms with Gasteiger partial charge >= 0.3 is 6.09 Å². The summed E-state index contributed by atoms with van der Waals surface area (Å²) in [5, 5.41) is 5.68. The normalized spacial score (nSPS) is 15.2. The van der Waals surface area contributed by atoms with Crippen molar-refractivity contribution in [3.05, 3.63) is 82.0 Å². The number of halogens is 4. The number of pyridine rings is 1. The lowest BCUT2D eigenvalue weighted by Crippen LogP contribution is -2.22. The second-order valence-corrected chi connectivity index (χ2v) is 19.2. The van der Waals surface area contributed by atoms with E-state index in [2.05, 4.69) is 35.3 Å². The van der Waals surface area contributed by atoms with Crippen molar-refractivity contribution in [2.45, 2.75) is 64.0 Å². The molecule has 14 heteroatoms. The van der Waals surface area contributed by atoms with Gasteiger partial charge < -0.3 is 14.8 Å². The topological polar surface area (TPSA) is 107 Å². The molecule has 2 amide bonds. The minimum absolute atomic E-state index is 0.128. The molecule has 2 N–H and O–H groups in total. The summed E-state index contributed by atoms with van der Waals surface area (Å²) in [7, 11) is -0.112. The van der Waals surface area contributed by atoms with Crippen molar-refractivity contribution in [3.8, 4) is 22.4 Å². The standard InChI is InChI=1S/C34H37Cl2F2N5O4Si/c1-46-34(45)40-21-10-11-22-27(17-21)41-28(44)8-6-5-7-23(33-42-31(22)32(36)43(33)19-47-15-16-48(2,3)4)26-14-9-20(18-39-26)29-25(37)13-12-24(35)30(29)38/h9-14,17-18,23H,5-8,15-16,19H2,1-4H3,(H,40,45)(H,41,44). The van der Waals surface area contributed by atoms with Gasteiger partial charge in [-0.3, -0.25) is 19.7 Å². The molecule has 0 saturated carbocycles. The third-order valence-corrected chi connectivity index (χ3v) is 10.4. The van der Waals surface area contributed by atoms with Gasteiger partial charge in [-0.2, -0.15) is 0 Å². The van der Waals surface area contributed by atoms with Crippen molar-refractivity contribution in [3.63, 3.8) is 0 Å². The van der Waals surface area contributed by atoms with Gasteiger partial charge in [0.15, 0.2) is 5.82 Å². The maximum absolute atomic E-state index is 14.8. The SMILES string of the molecule is COC(=O)Nc1ccc2c(c1)NC(=O)CCCCC(c1ccc(-c3c(F)ccc(Cl)c3F)cn1)c1nc-2c(Cl)n1COCC[Si](C)(C)C. The highest BCUT2D eigenvalue weighted by molar-refractivity contribution is 6.76. The molecule has 0 fully saturated rings. The van der Waals surface area contributed by atoms with E-state index in [4.69, 9.17) is 37.7 Å². The molecule has 5 rings (SSSR count). The van der Waals surface area contributed by atoms with Gasteiger partial charge in [-0.05, 0) is 55.3 Å². The maximum atomic E-state index is 14.8. The van der Waals surface area contributed by atoms with Crippen molar-refractivity contribution in [1.82, 2.24) is 14.5 Å². The van der Waals surface area contributed by atoms with E-state index in [9.17, 15) is 18.4 Å². The molecule has 2 bridgehead atoms. The number of hydrogen-bond donors (Lipinski definition) is 2. The van der Waals surface area contributed by atoms with Crippen molar-refractivity contribution in [1.29, 1.82) is 0 Å². The van der Waals surface area contributed by atoms with E-state index in [1.807, 2.05) is 4.57 Å². The molecular formula is C34H37Cl2F2N5O4Si. The molecule has 1 atom stereocenters. The average molecular weight is 717 g/mol. The summed E-state index contributed by atoms with van der Waals surface area (Å²) in [5.74, 6) is -1.62. The van der Waals surface area contributed by atoms with E-state index >= 15 is 0 Å². The summed E-state index contributed by atoms with van der Waals surface area (Å²) in [5.41, 5.74) is 2.36. The number of aromatic nitrogens is 3. The largest absolute Gasteiger partial charge is 0.453 e. The van der Waals surface area contributed by atoms with Crippen LogP contribution < -0.4 is 10.6 Å². The highest BCUT2D eigenvalue weighted by Crippen LogP contribution is 2.40. The smallest absolute Gasteiger partial charge is 0.411 e. The van der Waals surface area contributed by atoms with Gasteiger partial charge in [0, 0.05) is 44.1 Å². The number of benzene rings is 2. The molecule has 1 unspecified atom stereocenters. The van der Waals surface area contributed by atoms with Crippen LogP contribution in [0, 0.1) is 11.6 Å². The number of carbonyl (C=O) groups excluding carboxylic acids is 2. The fourth-order valence-electron chi connectivity index (χ4n) is 5.45. The predicted molar refractivity (Wildman–Crippen MR) is 186 cm³/mol. The number of fused-ring (bicyclic) bond motifs is 4. The van der Waals surface area contributed by atoms with Gasteiger partial charge in [0.05, 0.1) is 35.0 Å². The molecule has 2 aromatic heterocycles. The Kier molecular flexibility index (Phi) is 11.2. The van der Waals surface area contributed by atoms with E-state index in [-0.39, 0.29) is 35.2 Å². The summed E-state index contributed by atoms with van der Waals surface area (Å²) >= 11 is 13.0. The van der Waals surface area contributed by atoms with Gasteiger partial charge in [0.1, 0.15) is 29.2 Å². The number of amides is 2. The zero-order valence-electron chi connectivity index (χ0n) is 27.1. The molecule has 3 heterocycles. The van der Waals surface area contributed by atoms with Crippen LogP contribution in [0.1, 0.15) is 43.1 Å². The van der Waals surface area contributed by atoms with Gasteiger partial charge in [-0.15, -0.1) is 0 Å². The van der Waals surface area contributed by atoms with E-state index in [1.165, 1.54) is 19.4 Å².